The smallest absolute Gasteiger partial charge is 0.257 e. The van der Waals surface area contributed by atoms with Crippen LogP contribution >= 0.6 is 39.7 Å². The van der Waals surface area contributed by atoms with E-state index < -0.39 is 0 Å². The number of anilines is 1. The van der Waals surface area contributed by atoms with Gasteiger partial charge in [-0.05, 0) is 84.3 Å². The maximum Gasteiger partial charge on any atom is 0.257 e. The summed E-state index contributed by atoms with van der Waals surface area (Å²) in [5.41, 5.74) is 1.35. The summed E-state index contributed by atoms with van der Waals surface area (Å²) in [4.78, 5) is 25.2. The second kappa shape index (κ2) is 11.6. The first kappa shape index (κ1) is 24.5. The highest BCUT2D eigenvalue weighted by Gasteiger charge is 2.19. The van der Waals surface area contributed by atoms with Crippen molar-refractivity contribution in [3.8, 4) is 5.75 Å². The van der Waals surface area contributed by atoms with E-state index in [2.05, 4.69) is 31.9 Å². The van der Waals surface area contributed by atoms with Crippen molar-refractivity contribution in [3.05, 3.63) is 57.0 Å². The maximum atomic E-state index is 12.7. The number of hydrogen-bond acceptors (Lipinski definition) is 4. The number of hydrogen-bond donors (Lipinski definition) is 3. The molecule has 2 aromatic carbocycles. The van der Waals surface area contributed by atoms with Crippen LogP contribution in [0, 0.1) is 0 Å². The van der Waals surface area contributed by atoms with Crippen molar-refractivity contribution in [1.82, 2.24) is 10.6 Å². The summed E-state index contributed by atoms with van der Waals surface area (Å²) in [5.74, 6) is 0.0835. The van der Waals surface area contributed by atoms with Crippen LogP contribution in [0.4, 0.5) is 5.69 Å². The molecule has 2 amide bonds. The molecule has 170 valence electrons. The quantitative estimate of drug-likeness (QED) is 0.412. The lowest BCUT2D eigenvalue weighted by Gasteiger charge is -2.23. The minimum Gasteiger partial charge on any atom is -0.493 e. The van der Waals surface area contributed by atoms with Gasteiger partial charge in [0.1, 0.15) is 5.75 Å². The van der Waals surface area contributed by atoms with Gasteiger partial charge in [-0.25, -0.2) is 0 Å². The predicted molar refractivity (Wildman–Crippen MR) is 135 cm³/mol. The van der Waals surface area contributed by atoms with Gasteiger partial charge >= 0.3 is 0 Å². The van der Waals surface area contributed by atoms with Gasteiger partial charge in [0, 0.05) is 17.3 Å². The zero-order valence-electron chi connectivity index (χ0n) is 17.7. The van der Waals surface area contributed by atoms with E-state index in [1.807, 2.05) is 6.92 Å². The van der Waals surface area contributed by atoms with E-state index in [1.165, 1.54) is 6.42 Å². The van der Waals surface area contributed by atoms with Gasteiger partial charge < -0.3 is 15.4 Å². The molecule has 9 heteroatoms. The molecule has 1 aliphatic carbocycles. The molecule has 0 aromatic heterocycles. The lowest BCUT2D eigenvalue weighted by atomic mass is 9.95. The van der Waals surface area contributed by atoms with E-state index in [4.69, 9.17) is 28.6 Å². The molecule has 0 unspecified atom stereocenters. The third-order valence-electron chi connectivity index (χ3n) is 5.13. The zero-order valence-corrected chi connectivity index (χ0v) is 20.8. The van der Waals surface area contributed by atoms with Crippen LogP contribution in [-0.4, -0.2) is 29.6 Å². The Hall–Kier alpha value is -2.16. The highest BCUT2D eigenvalue weighted by molar-refractivity contribution is 9.10. The van der Waals surface area contributed by atoms with Crippen molar-refractivity contribution in [2.75, 3.05) is 11.9 Å². The van der Waals surface area contributed by atoms with Gasteiger partial charge in [-0.15, -0.1) is 0 Å². The Labute approximate surface area is 206 Å². The molecular weight excluding hydrogens is 514 g/mol. The van der Waals surface area contributed by atoms with E-state index in [0.717, 1.165) is 25.7 Å². The highest BCUT2D eigenvalue weighted by atomic mass is 79.9. The summed E-state index contributed by atoms with van der Waals surface area (Å²) < 4.78 is 6.14. The summed E-state index contributed by atoms with van der Waals surface area (Å²) in [6, 6.07) is 10.2. The fraction of sp³-hybridized carbons (Fsp3) is 0.348. The Morgan fingerprint density at radius 2 is 1.88 bits per heavy atom. The van der Waals surface area contributed by atoms with Gasteiger partial charge in [0.25, 0.3) is 11.8 Å². The first-order valence-corrected chi connectivity index (χ1v) is 12.1. The Kier molecular flexibility index (Phi) is 8.90. The first-order chi connectivity index (χ1) is 15.4. The van der Waals surface area contributed by atoms with Crippen LogP contribution in [0.25, 0.3) is 0 Å². The molecule has 0 saturated heterocycles. The summed E-state index contributed by atoms with van der Waals surface area (Å²) >= 11 is 14.9. The summed E-state index contributed by atoms with van der Waals surface area (Å²) in [5, 5.41) is 9.11. The molecule has 3 rings (SSSR count). The topological polar surface area (TPSA) is 79.5 Å². The largest absolute Gasteiger partial charge is 0.493 e. The van der Waals surface area contributed by atoms with Crippen molar-refractivity contribution in [2.45, 2.75) is 45.1 Å². The highest BCUT2D eigenvalue weighted by Crippen LogP contribution is 2.26. The molecule has 6 nitrogen and oxygen atoms in total. The van der Waals surface area contributed by atoms with Crippen molar-refractivity contribution in [2.24, 2.45) is 0 Å². The molecule has 0 heterocycles. The average Bonchev–Trinajstić information content (AvgIpc) is 2.77. The molecule has 1 fully saturated rings. The van der Waals surface area contributed by atoms with Gasteiger partial charge in [-0.1, -0.05) is 30.9 Å². The SMILES string of the molecule is CCOc1ccc(C(=O)NC(=S)Nc2ccc(Cl)c(C(=O)NC3CCCCC3)c2)cc1Br. The van der Waals surface area contributed by atoms with Gasteiger partial charge in [0.15, 0.2) is 5.11 Å². The molecule has 0 bridgehead atoms. The maximum absolute atomic E-state index is 12.7. The van der Waals surface area contributed by atoms with Gasteiger partial charge in [-0.2, -0.15) is 0 Å². The molecule has 1 aliphatic rings. The van der Waals surface area contributed by atoms with E-state index >= 15 is 0 Å². The molecule has 3 N–H and O–H groups in total. The Morgan fingerprint density at radius 1 is 1.12 bits per heavy atom. The molecular formula is C23H25BrClN3O3S. The average molecular weight is 539 g/mol. The van der Waals surface area contributed by atoms with Crippen LogP contribution in [-0.2, 0) is 0 Å². The number of rotatable bonds is 6. The molecule has 0 atom stereocenters. The standard InChI is InChI=1S/C23H25BrClN3O3S/c1-2-31-20-11-8-14(12-18(20)24)21(29)28-23(32)27-16-9-10-19(25)17(13-16)22(30)26-15-6-4-3-5-7-15/h8-13,15H,2-7H2,1H3,(H,26,30)(H2,27,28,29,32). The van der Waals surface area contributed by atoms with Crippen molar-refractivity contribution in [3.63, 3.8) is 0 Å². The van der Waals surface area contributed by atoms with Crippen molar-refractivity contribution >= 4 is 62.4 Å². The normalized spacial score (nSPS) is 13.8. The minimum absolute atomic E-state index is 0.112. The summed E-state index contributed by atoms with van der Waals surface area (Å²) in [7, 11) is 0. The van der Waals surface area contributed by atoms with E-state index in [-0.39, 0.29) is 23.0 Å². The monoisotopic (exact) mass is 537 g/mol. The number of thiocarbonyl (C=S) groups is 1. The van der Waals surface area contributed by atoms with Crippen LogP contribution in [0.5, 0.6) is 5.75 Å². The number of nitrogens with one attached hydrogen (secondary N) is 3. The first-order valence-electron chi connectivity index (χ1n) is 10.5. The van der Waals surface area contributed by atoms with Gasteiger partial charge in [0.05, 0.1) is 21.7 Å². The third-order valence-corrected chi connectivity index (χ3v) is 6.28. The lowest BCUT2D eigenvalue weighted by Crippen LogP contribution is -2.36. The number of carbonyl (C=O) groups excluding carboxylic acids is 2. The Balaban J connectivity index is 1.62. The summed E-state index contributed by atoms with van der Waals surface area (Å²) in [6.07, 6.45) is 5.43. The molecule has 32 heavy (non-hydrogen) atoms. The summed E-state index contributed by atoms with van der Waals surface area (Å²) in [6.45, 7) is 2.42. The molecule has 0 spiro atoms. The number of amides is 2. The Morgan fingerprint density at radius 3 is 2.56 bits per heavy atom. The van der Waals surface area contributed by atoms with E-state index in [9.17, 15) is 9.59 Å². The molecule has 0 radical (unpaired) electrons. The fourth-order valence-corrected chi connectivity index (χ4v) is 4.45. The van der Waals surface area contributed by atoms with Crippen LogP contribution in [0.3, 0.4) is 0 Å². The van der Waals surface area contributed by atoms with Crippen LogP contribution in [0.1, 0.15) is 59.7 Å². The van der Waals surface area contributed by atoms with Crippen LogP contribution < -0.4 is 20.7 Å². The van der Waals surface area contributed by atoms with E-state index in [0.29, 0.717) is 38.7 Å². The third kappa shape index (κ3) is 6.67. The van der Waals surface area contributed by atoms with Crippen LogP contribution in [0.2, 0.25) is 5.02 Å². The van der Waals surface area contributed by atoms with Crippen molar-refractivity contribution < 1.29 is 14.3 Å². The number of halogens is 2. The van der Waals surface area contributed by atoms with Crippen molar-refractivity contribution in [1.29, 1.82) is 0 Å². The number of carbonyl (C=O) groups is 2. The van der Waals surface area contributed by atoms with E-state index in [1.54, 1.807) is 36.4 Å². The lowest BCUT2D eigenvalue weighted by molar-refractivity contribution is 0.0926. The Bertz CT molecular complexity index is 1010. The minimum atomic E-state index is -0.365. The number of ether oxygens (including phenoxy) is 1. The van der Waals surface area contributed by atoms with Gasteiger partial charge in [0.2, 0.25) is 0 Å². The predicted octanol–water partition coefficient (Wildman–Crippen LogP) is 5.69. The molecule has 1 saturated carbocycles. The second-order valence-corrected chi connectivity index (χ2v) is 9.16. The molecule has 0 aliphatic heterocycles. The number of benzene rings is 2. The zero-order chi connectivity index (χ0) is 23.1. The van der Waals surface area contributed by atoms with Crippen LogP contribution in [0.15, 0.2) is 40.9 Å². The van der Waals surface area contributed by atoms with Gasteiger partial charge in [-0.3, -0.25) is 14.9 Å². The second-order valence-electron chi connectivity index (χ2n) is 7.49. The molecule has 2 aromatic rings. The fourth-order valence-electron chi connectivity index (χ4n) is 3.54.